The minimum absolute atomic E-state index is 0.303. The predicted molar refractivity (Wildman–Crippen MR) is 52.6 cm³/mol. The van der Waals surface area contributed by atoms with E-state index in [2.05, 4.69) is 40.3 Å². The number of hydrogen-bond acceptors (Lipinski definition) is 0. The Bertz CT molecular complexity index is 149. The molecule has 0 rings (SSSR count). The largest absolute Gasteiger partial charge is 0.103 e. The Balaban J connectivity index is 4.27. The van der Waals surface area contributed by atoms with Crippen LogP contribution in [0.2, 0.25) is 0 Å². The monoisotopic (exact) mass is 152 g/mol. The molecule has 0 nitrogen and oxygen atoms in total. The summed E-state index contributed by atoms with van der Waals surface area (Å²) in [4.78, 5) is 0. The van der Waals surface area contributed by atoms with Crippen LogP contribution >= 0.6 is 0 Å². The molecule has 0 spiro atoms. The van der Waals surface area contributed by atoms with Gasteiger partial charge in [-0.1, -0.05) is 38.5 Å². The summed E-state index contributed by atoms with van der Waals surface area (Å²) in [6.45, 7) is 12.7. The average Bonchev–Trinajstić information content (AvgIpc) is 1.88. The zero-order valence-electron chi connectivity index (χ0n) is 8.28. The lowest BCUT2D eigenvalue weighted by molar-refractivity contribution is 0.452. The van der Waals surface area contributed by atoms with Crippen molar-refractivity contribution in [3.05, 3.63) is 24.3 Å². The highest BCUT2D eigenvalue weighted by molar-refractivity contribution is 5.10. The van der Waals surface area contributed by atoms with Crippen LogP contribution in [0.3, 0.4) is 0 Å². The van der Waals surface area contributed by atoms with E-state index in [0.29, 0.717) is 5.41 Å². The van der Waals surface area contributed by atoms with Gasteiger partial charge in [-0.2, -0.15) is 0 Å². The summed E-state index contributed by atoms with van der Waals surface area (Å²) >= 11 is 0. The van der Waals surface area contributed by atoms with Gasteiger partial charge in [0.25, 0.3) is 0 Å². The Hall–Kier alpha value is -0.520. The van der Waals surface area contributed by atoms with Crippen LogP contribution in [-0.4, -0.2) is 0 Å². The summed E-state index contributed by atoms with van der Waals surface area (Å²) in [5, 5.41) is 0. The number of allylic oxidation sites excluding steroid dienone is 3. The lowest BCUT2D eigenvalue weighted by Crippen LogP contribution is -2.11. The number of rotatable bonds is 4. The Labute approximate surface area is 71.0 Å². The zero-order chi connectivity index (χ0) is 8.91. The lowest BCUT2D eigenvalue weighted by atomic mass is 9.81. The van der Waals surface area contributed by atoms with E-state index in [-0.39, 0.29) is 0 Å². The molecule has 64 valence electrons. The molecule has 0 amide bonds. The molecule has 0 bridgehead atoms. The molecule has 0 heterocycles. The Morgan fingerprint density at radius 3 is 2.36 bits per heavy atom. The molecule has 0 saturated carbocycles. The Morgan fingerprint density at radius 2 is 2.00 bits per heavy atom. The molecule has 0 heteroatoms. The molecule has 0 aromatic rings. The van der Waals surface area contributed by atoms with Gasteiger partial charge in [0.1, 0.15) is 0 Å². The van der Waals surface area contributed by atoms with Crippen LogP contribution in [-0.2, 0) is 0 Å². The van der Waals surface area contributed by atoms with E-state index < -0.39 is 0 Å². The van der Waals surface area contributed by atoms with E-state index in [1.54, 1.807) is 0 Å². The maximum absolute atomic E-state index is 3.76. The molecule has 0 atom stereocenters. The second-order valence-corrected chi connectivity index (χ2v) is 3.67. The van der Waals surface area contributed by atoms with Gasteiger partial charge in [-0.15, -0.1) is 6.58 Å². The quantitative estimate of drug-likeness (QED) is 0.535. The first kappa shape index (κ1) is 10.5. The average molecular weight is 152 g/mol. The van der Waals surface area contributed by atoms with E-state index in [1.807, 2.05) is 6.08 Å². The molecule has 0 saturated heterocycles. The maximum atomic E-state index is 3.76. The summed E-state index contributed by atoms with van der Waals surface area (Å²) in [7, 11) is 0. The maximum Gasteiger partial charge on any atom is -0.0113 e. The van der Waals surface area contributed by atoms with Crippen molar-refractivity contribution in [1.29, 1.82) is 0 Å². The smallest absolute Gasteiger partial charge is 0.0113 e. The van der Waals surface area contributed by atoms with Crippen LogP contribution in [0.4, 0.5) is 0 Å². The molecule has 0 radical (unpaired) electrons. The van der Waals surface area contributed by atoms with Gasteiger partial charge in [0.15, 0.2) is 0 Å². The van der Waals surface area contributed by atoms with E-state index in [1.165, 1.54) is 5.57 Å². The van der Waals surface area contributed by atoms with Crippen molar-refractivity contribution >= 4 is 0 Å². The Morgan fingerprint density at radius 1 is 1.45 bits per heavy atom. The molecule has 0 unspecified atom stereocenters. The molecule has 0 aromatic carbocycles. The summed E-state index contributed by atoms with van der Waals surface area (Å²) in [5.41, 5.74) is 1.78. The van der Waals surface area contributed by atoms with Crippen molar-refractivity contribution in [3.63, 3.8) is 0 Å². The van der Waals surface area contributed by atoms with Gasteiger partial charge in [-0.3, -0.25) is 0 Å². The van der Waals surface area contributed by atoms with Crippen LogP contribution in [0.5, 0.6) is 0 Å². The highest BCUT2D eigenvalue weighted by atomic mass is 14.2. The standard InChI is InChI=1S/C11H20/c1-6-8-10(3)11(4,5)9-7-2/h7-8H,2,6,9H2,1,3-5H3. The van der Waals surface area contributed by atoms with Crippen LogP contribution < -0.4 is 0 Å². The van der Waals surface area contributed by atoms with E-state index in [4.69, 9.17) is 0 Å². The summed E-state index contributed by atoms with van der Waals surface area (Å²) < 4.78 is 0. The van der Waals surface area contributed by atoms with Crippen LogP contribution in [0.25, 0.3) is 0 Å². The van der Waals surface area contributed by atoms with Crippen molar-refractivity contribution in [2.75, 3.05) is 0 Å². The number of hydrogen-bond donors (Lipinski definition) is 0. The second-order valence-electron chi connectivity index (χ2n) is 3.67. The molecule has 0 aliphatic rings. The molecule has 0 aliphatic heterocycles. The predicted octanol–water partition coefficient (Wildman–Crippen LogP) is 3.95. The molecule has 0 aliphatic carbocycles. The Kier molecular flexibility index (Phi) is 4.17. The van der Waals surface area contributed by atoms with Gasteiger partial charge in [0, 0.05) is 0 Å². The van der Waals surface area contributed by atoms with Crippen molar-refractivity contribution in [2.45, 2.75) is 40.5 Å². The van der Waals surface area contributed by atoms with Gasteiger partial charge < -0.3 is 0 Å². The first-order chi connectivity index (χ1) is 5.04. The SMILES string of the molecule is C=CCC(C)(C)C(C)=CCC. The van der Waals surface area contributed by atoms with Crippen molar-refractivity contribution in [1.82, 2.24) is 0 Å². The van der Waals surface area contributed by atoms with E-state index in [9.17, 15) is 0 Å². The minimum Gasteiger partial charge on any atom is -0.103 e. The zero-order valence-corrected chi connectivity index (χ0v) is 8.28. The van der Waals surface area contributed by atoms with Crippen LogP contribution in [0, 0.1) is 5.41 Å². The molecule has 0 N–H and O–H groups in total. The van der Waals surface area contributed by atoms with Crippen molar-refractivity contribution in [3.8, 4) is 0 Å². The highest BCUT2D eigenvalue weighted by Gasteiger charge is 2.16. The molecule has 11 heavy (non-hydrogen) atoms. The molecule has 0 fully saturated rings. The molecular formula is C11H20. The van der Waals surface area contributed by atoms with Crippen LogP contribution in [0.15, 0.2) is 24.3 Å². The molecule has 0 aromatic heterocycles. The third-order valence-corrected chi connectivity index (χ3v) is 2.23. The van der Waals surface area contributed by atoms with Gasteiger partial charge in [-0.05, 0) is 25.2 Å². The summed E-state index contributed by atoms with van der Waals surface area (Å²) in [6.07, 6.45) is 6.48. The van der Waals surface area contributed by atoms with E-state index in [0.717, 1.165) is 12.8 Å². The second kappa shape index (κ2) is 4.38. The highest BCUT2D eigenvalue weighted by Crippen LogP contribution is 2.30. The molecular weight excluding hydrogens is 132 g/mol. The summed E-state index contributed by atoms with van der Waals surface area (Å²) in [5.74, 6) is 0. The van der Waals surface area contributed by atoms with Gasteiger partial charge >= 0.3 is 0 Å². The third kappa shape index (κ3) is 3.41. The minimum atomic E-state index is 0.303. The van der Waals surface area contributed by atoms with Crippen molar-refractivity contribution < 1.29 is 0 Å². The normalized spacial score (nSPS) is 13.3. The fourth-order valence-corrected chi connectivity index (χ4v) is 1.10. The van der Waals surface area contributed by atoms with Crippen LogP contribution in [0.1, 0.15) is 40.5 Å². The third-order valence-electron chi connectivity index (χ3n) is 2.23. The first-order valence-electron chi connectivity index (χ1n) is 4.32. The fraction of sp³-hybridized carbons (Fsp3) is 0.636. The summed E-state index contributed by atoms with van der Waals surface area (Å²) in [6, 6.07) is 0. The van der Waals surface area contributed by atoms with E-state index >= 15 is 0 Å². The topological polar surface area (TPSA) is 0 Å². The lowest BCUT2D eigenvalue weighted by Gasteiger charge is -2.24. The van der Waals surface area contributed by atoms with Gasteiger partial charge in [-0.25, -0.2) is 0 Å². The van der Waals surface area contributed by atoms with Gasteiger partial charge in [0.2, 0.25) is 0 Å². The van der Waals surface area contributed by atoms with Crippen molar-refractivity contribution in [2.24, 2.45) is 5.41 Å². The first-order valence-corrected chi connectivity index (χ1v) is 4.32. The fourth-order valence-electron chi connectivity index (χ4n) is 1.10. The van der Waals surface area contributed by atoms with Gasteiger partial charge in [0.05, 0.1) is 0 Å².